The van der Waals surface area contributed by atoms with Gasteiger partial charge in [0.05, 0.1) is 5.52 Å². The van der Waals surface area contributed by atoms with Crippen molar-refractivity contribution in [3.8, 4) is 11.1 Å². The van der Waals surface area contributed by atoms with Crippen molar-refractivity contribution >= 4 is 16.8 Å². The van der Waals surface area contributed by atoms with E-state index in [4.69, 9.17) is 0 Å². The molecule has 28 heavy (non-hydrogen) atoms. The number of hydrogen-bond donors (Lipinski definition) is 0. The quantitative estimate of drug-likeness (QED) is 0.614. The molecule has 4 rings (SSSR count). The molecule has 0 radical (unpaired) electrons. The fraction of sp³-hybridized carbons (Fsp3) is 0.360. The minimum Gasteiger partial charge on any atom is -0.342 e. The van der Waals surface area contributed by atoms with Crippen molar-refractivity contribution in [3.63, 3.8) is 0 Å². The summed E-state index contributed by atoms with van der Waals surface area (Å²) in [6.45, 7) is 6.03. The lowest BCUT2D eigenvalue weighted by molar-refractivity contribution is -0.135. The molecule has 3 aromatic rings. The molecular weight excluding hydrogens is 344 g/mol. The topological polar surface area (TPSA) is 33.2 Å². The Balaban J connectivity index is 1.58. The van der Waals surface area contributed by atoms with Gasteiger partial charge < -0.3 is 4.90 Å². The van der Waals surface area contributed by atoms with E-state index < -0.39 is 0 Å². The lowest BCUT2D eigenvalue weighted by Gasteiger charge is -2.29. The van der Waals surface area contributed by atoms with Crippen LogP contribution in [0.15, 0.2) is 54.7 Å². The van der Waals surface area contributed by atoms with Crippen LogP contribution in [-0.4, -0.2) is 28.9 Å². The monoisotopic (exact) mass is 372 g/mol. The molecule has 1 aliphatic heterocycles. The maximum Gasteiger partial charge on any atom is 0.225 e. The SMILES string of the molecule is Cc1ccccc1-c1ccnc2cc(C[C@@H](C)C(=O)N3CCCCC3)ccc12. The molecule has 3 heteroatoms. The van der Waals surface area contributed by atoms with Crippen molar-refractivity contribution < 1.29 is 4.79 Å². The summed E-state index contributed by atoms with van der Waals surface area (Å²) in [6.07, 6.45) is 6.18. The van der Waals surface area contributed by atoms with Gasteiger partial charge in [-0.25, -0.2) is 0 Å². The molecular formula is C25H28N2O. The Hall–Kier alpha value is -2.68. The molecule has 144 valence electrons. The number of pyridine rings is 1. The first-order valence-electron chi connectivity index (χ1n) is 10.4. The van der Waals surface area contributed by atoms with Crippen molar-refractivity contribution in [2.45, 2.75) is 39.5 Å². The van der Waals surface area contributed by atoms with Gasteiger partial charge in [0, 0.05) is 30.6 Å². The Morgan fingerprint density at radius 2 is 1.82 bits per heavy atom. The normalized spacial score (nSPS) is 15.6. The molecule has 3 nitrogen and oxygen atoms in total. The van der Waals surface area contributed by atoms with E-state index in [1.165, 1.54) is 28.7 Å². The maximum atomic E-state index is 12.8. The molecule has 0 bridgehead atoms. The highest BCUT2D eigenvalue weighted by atomic mass is 16.2. The summed E-state index contributed by atoms with van der Waals surface area (Å²) in [5.41, 5.74) is 5.90. The minimum atomic E-state index is 0.00935. The first kappa shape index (κ1) is 18.7. The number of aryl methyl sites for hydroxylation is 1. The predicted octanol–water partition coefficient (Wildman–Crippen LogP) is 5.40. The number of piperidine rings is 1. The van der Waals surface area contributed by atoms with Gasteiger partial charge in [0.2, 0.25) is 5.91 Å². The second-order valence-corrected chi connectivity index (χ2v) is 8.02. The van der Waals surface area contributed by atoms with Gasteiger partial charge in [0.15, 0.2) is 0 Å². The zero-order valence-electron chi connectivity index (χ0n) is 16.8. The fourth-order valence-electron chi connectivity index (χ4n) is 4.30. The van der Waals surface area contributed by atoms with Gasteiger partial charge in [-0.2, -0.15) is 0 Å². The molecule has 2 aromatic carbocycles. The third kappa shape index (κ3) is 3.80. The molecule has 0 saturated carbocycles. The van der Waals surface area contributed by atoms with Crippen LogP contribution in [0.2, 0.25) is 0 Å². The van der Waals surface area contributed by atoms with Crippen LogP contribution in [0.5, 0.6) is 0 Å². The van der Waals surface area contributed by atoms with E-state index in [0.29, 0.717) is 5.91 Å². The summed E-state index contributed by atoms with van der Waals surface area (Å²) >= 11 is 0. The van der Waals surface area contributed by atoms with E-state index in [1.807, 2.05) is 11.1 Å². The third-order valence-electron chi connectivity index (χ3n) is 5.87. The summed E-state index contributed by atoms with van der Waals surface area (Å²) in [7, 11) is 0. The van der Waals surface area contributed by atoms with Gasteiger partial charge >= 0.3 is 0 Å². The highest BCUT2D eigenvalue weighted by molar-refractivity contribution is 5.95. The summed E-state index contributed by atoms with van der Waals surface area (Å²) in [5.74, 6) is 0.302. The van der Waals surface area contributed by atoms with Crippen LogP contribution in [0.25, 0.3) is 22.0 Å². The van der Waals surface area contributed by atoms with Crippen LogP contribution in [-0.2, 0) is 11.2 Å². The largest absolute Gasteiger partial charge is 0.342 e. The molecule has 1 saturated heterocycles. The standard InChI is InChI=1S/C25H28N2O/c1-18-8-4-5-9-21(18)22-12-13-26-24-17-20(10-11-23(22)24)16-19(2)25(28)27-14-6-3-7-15-27/h4-5,8-13,17,19H,3,6-7,14-16H2,1-2H3/t19-/m1/s1. The summed E-state index contributed by atoms with van der Waals surface area (Å²) in [6, 6.07) is 17.0. The number of carbonyl (C=O) groups excluding carboxylic acids is 1. The van der Waals surface area contributed by atoms with Crippen molar-refractivity contribution in [2.24, 2.45) is 5.92 Å². The van der Waals surface area contributed by atoms with Crippen molar-refractivity contribution in [1.82, 2.24) is 9.88 Å². The molecule has 2 heterocycles. The van der Waals surface area contributed by atoms with Gasteiger partial charge in [-0.3, -0.25) is 9.78 Å². The van der Waals surface area contributed by atoms with E-state index >= 15 is 0 Å². The Kier molecular flexibility index (Phi) is 5.43. The van der Waals surface area contributed by atoms with Gasteiger partial charge in [-0.05, 0) is 67.0 Å². The summed E-state index contributed by atoms with van der Waals surface area (Å²) in [4.78, 5) is 19.4. The van der Waals surface area contributed by atoms with Crippen LogP contribution in [0, 0.1) is 12.8 Å². The number of nitrogens with zero attached hydrogens (tertiary/aromatic N) is 2. The molecule has 1 atom stereocenters. The minimum absolute atomic E-state index is 0.00935. The average molecular weight is 373 g/mol. The number of amides is 1. The van der Waals surface area contributed by atoms with E-state index in [2.05, 4.69) is 67.4 Å². The van der Waals surface area contributed by atoms with E-state index in [0.717, 1.165) is 43.3 Å². The Labute approximate surface area is 167 Å². The predicted molar refractivity (Wildman–Crippen MR) is 115 cm³/mol. The molecule has 0 aliphatic carbocycles. The molecule has 1 fully saturated rings. The molecule has 0 spiro atoms. The van der Waals surface area contributed by atoms with E-state index in [-0.39, 0.29) is 5.92 Å². The third-order valence-corrected chi connectivity index (χ3v) is 5.87. The Morgan fingerprint density at radius 3 is 2.61 bits per heavy atom. The number of benzene rings is 2. The lowest BCUT2D eigenvalue weighted by Crippen LogP contribution is -2.39. The maximum absolute atomic E-state index is 12.8. The highest BCUT2D eigenvalue weighted by Gasteiger charge is 2.22. The van der Waals surface area contributed by atoms with Crippen molar-refractivity contribution in [3.05, 3.63) is 65.9 Å². The van der Waals surface area contributed by atoms with Crippen LogP contribution < -0.4 is 0 Å². The molecule has 1 aromatic heterocycles. The highest BCUT2D eigenvalue weighted by Crippen LogP contribution is 2.30. The molecule has 0 N–H and O–H groups in total. The number of carbonyl (C=O) groups is 1. The van der Waals surface area contributed by atoms with Crippen LogP contribution in [0.3, 0.4) is 0 Å². The van der Waals surface area contributed by atoms with E-state index in [9.17, 15) is 4.79 Å². The van der Waals surface area contributed by atoms with Crippen LogP contribution >= 0.6 is 0 Å². The van der Waals surface area contributed by atoms with Crippen LogP contribution in [0.1, 0.15) is 37.3 Å². The number of rotatable bonds is 4. The number of likely N-dealkylation sites (tertiary alicyclic amines) is 1. The zero-order chi connectivity index (χ0) is 19.5. The lowest BCUT2D eigenvalue weighted by atomic mass is 9.94. The molecule has 1 aliphatic rings. The Morgan fingerprint density at radius 1 is 1.04 bits per heavy atom. The zero-order valence-corrected chi connectivity index (χ0v) is 16.8. The van der Waals surface area contributed by atoms with Gasteiger partial charge in [0.1, 0.15) is 0 Å². The second kappa shape index (κ2) is 8.14. The molecule has 1 amide bonds. The fourth-order valence-corrected chi connectivity index (χ4v) is 4.30. The van der Waals surface area contributed by atoms with Gasteiger partial charge in [-0.15, -0.1) is 0 Å². The number of hydrogen-bond acceptors (Lipinski definition) is 2. The number of fused-ring (bicyclic) bond motifs is 1. The first-order chi connectivity index (χ1) is 13.6. The smallest absolute Gasteiger partial charge is 0.225 e. The average Bonchev–Trinajstić information content (AvgIpc) is 2.73. The Bertz CT molecular complexity index is 989. The van der Waals surface area contributed by atoms with E-state index in [1.54, 1.807) is 0 Å². The van der Waals surface area contributed by atoms with Crippen molar-refractivity contribution in [2.75, 3.05) is 13.1 Å². The van der Waals surface area contributed by atoms with Gasteiger partial charge in [-0.1, -0.05) is 43.3 Å². The number of aromatic nitrogens is 1. The molecule has 0 unspecified atom stereocenters. The summed E-state index contributed by atoms with van der Waals surface area (Å²) in [5, 5.41) is 1.16. The van der Waals surface area contributed by atoms with Gasteiger partial charge in [0.25, 0.3) is 0 Å². The van der Waals surface area contributed by atoms with Crippen LogP contribution in [0.4, 0.5) is 0 Å². The second-order valence-electron chi connectivity index (χ2n) is 8.02. The summed E-state index contributed by atoms with van der Waals surface area (Å²) < 4.78 is 0. The first-order valence-corrected chi connectivity index (χ1v) is 10.4. The van der Waals surface area contributed by atoms with Crippen molar-refractivity contribution in [1.29, 1.82) is 0 Å².